The molecular formula is C10H11F3N2O4. The van der Waals surface area contributed by atoms with Gasteiger partial charge in [0.15, 0.2) is 0 Å². The fraction of sp³-hybridized carbons (Fsp3) is 0.400. The van der Waals surface area contributed by atoms with Crippen molar-refractivity contribution in [1.29, 1.82) is 0 Å². The van der Waals surface area contributed by atoms with E-state index in [4.69, 9.17) is 15.6 Å². The Morgan fingerprint density at radius 2 is 2.11 bits per heavy atom. The Bertz CT molecular complexity index is 477. The average Bonchev–Trinajstić information content (AvgIpc) is 2.27. The average molecular weight is 280 g/mol. The van der Waals surface area contributed by atoms with E-state index in [-0.39, 0.29) is 23.4 Å². The molecule has 1 heterocycles. The second kappa shape index (κ2) is 5.74. The fourth-order valence-corrected chi connectivity index (χ4v) is 1.48. The molecule has 0 bridgehead atoms. The molecule has 1 aromatic rings. The van der Waals surface area contributed by atoms with E-state index < -0.39 is 24.6 Å². The first kappa shape index (κ1) is 15.0. The maximum atomic E-state index is 12.2. The molecule has 0 saturated heterocycles. The van der Waals surface area contributed by atoms with Crippen LogP contribution in [0.5, 0.6) is 11.6 Å². The van der Waals surface area contributed by atoms with Crippen molar-refractivity contribution >= 4 is 5.97 Å². The van der Waals surface area contributed by atoms with Crippen LogP contribution in [0.4, 0.5) is 13.2 Å². The molecule has 6 nitrogen and oxygen atoms in total. The molecule has 3 N–H and O–H groups in total. The van der Waals surface area contributed by atoms with Crippen LogP contribution in [-0.2, 0) is 17.8 Å². The van der Waals surface area contributed by atoms with Crippen LogP contribution in [-0.4, -0.2) is 29.5 Å². The Balaban J connectivity index is 3.31. The lowest BCUT2D eigenvalue weighted by molar-refractivity contribution is -0.276. The van der Waals surface area contributed by atoms with Crippen molar-refractivity contribution < 1.29 is 32.5 Å². The lowest BCUT2D eigenvalue weighted by Crippen LogP contribution is -2.21. The molecule has 0 aliphatic heterocycles. The summed E-state index contributed by atoms with van der Waals surface area (Å²) >= 11 is 0. The normalized spacial score (nSPS) is 11.2. The number of alkyl halides is 3. The van der Waals surface area contributed by atoms with Gasteiger partial charge in [-0.05, 0) is 0 Å². The summed E-state index contributed by atoms with van der Waals surface area (Å²) in [6, 6.07) is 0. The molecule has 0 amide bonds. The van der Waals surface area contributed by atoms with Crippen LogP contribution in [0.1, 0.15) is 11.1 Å². The topological polar surface area (TPSA) is 94.7 Å². The first-order chi connectivity index (χ1) is 8.78. The third-order valence-electron chi connectivity index (χ3n) is 2.18. The zero-order chi connectivity index (χ0) is 14.6. The van der Waals surface area contributed by atoms with Crippen LogP contribution in [0, 0.1) is 0 Å². The molecule has 1 rings (SSSR count). The van der Waals surface area contributed by atoms with Crippen molar-refractivity contribution in [1.82, 2.24) is 4.98 Å². The number of halogens is 3. The quantitative estimate of drug-likeness (QED) is 0.838. The van der Waals surface area contributed by atoms with Crippen molar-refractivity contribution in [2.45, 2.75) is 19.3 Å². The fourth-order valence-electron chi connectivity index (χ4n) is 1.48. The maximum absolute atomic E-state index is 12.2. The Morgan fingerprint density at radius 1 is 1.47 bits per heavy atom. The third-order valence-corrected chi connectivity index (χ3v) is 2.18. The Morgan fingerprint density at radius 3 is 2.53 bits per heavy atom. The first-order valence-electron chi connectivity index (χ1n) is 5.00. The minimum atomic E-state index is -4.94. The van der Waals surface area contributed by atoms with E-state index in [1.165, 1.54) is 7.11 Å². The van der Waals surface area contributed by atoms with Crippen molar-refractivity contribution in [2.75, 3.05) is 7.11 Å². The van der Waals surface area contributed by atoms with E-state index in [1.54, 1.807) is 0 Å². The molecule has 9 heteroatoms. The second-order valence-corrected chi connectivity index (χ2v) is 3.41. The minimum absolute atomic E-state index is 0.00625. The lowest BCUT2D eigenvalue weighted by atomic mass is 10.1. The second-order valence-electron chi connectivity index (χ2n) is 3.41. The molecule has 0 saturated carbocycles. The van der Waals surface area contributed by atoms with Gasteiger partial charge in [0.05, 0.1) is 19.7 Å². The summed E-state index contributed by atoms with van der Waals surface area (Å²) in [5, 5.41) is 8.75. The Labute approximate surface area is 105 Å². The molecule has 0 fully saturated rings. The SMILES string of the molecule is COc1cnc(OC(F)(F)F)c(CN)c1CC(=O)O. The number of methoxy groups -OCH3 is 1. The first-order valence-corrected chi connectivity index (χ1v) is 5.00. The van der Waals surface area contributed by atoms with Gasteiger partial charge in [-0.3, -0.25) is 4.79 Å². The van der Waals surface area contributed by atoms with Gasteiger partial charge in [0.25, 0.3) is 0 Å². The van der Waals surface area contributed by atoms with Gasteiger partial charge < -0.3 is 20.3 Å². The molecule has 0 aromatic carbocycles. The van der Waals surface area contributed by atoms with Crippen molar-refractivity contribution in [3.63, 3.8) is 0 Å². The van der Waals surface area contributed by atoms with Crippen LogP contribution in [0.15, 0.2) is 6.20 Å². The number of carboxylic acid groups (broad SMARTS) is 1. The van der Waals surface area contributed by atoms with Crippen molar-refractivity contribution in [3.8, 4) is 11.6 Å². The number of aromatic nitrogens is 1. The molecule has 0 unspecified atom stereocenters. The standard InChI is InChI=1S/C10H11F3N2O4/c1-18-7-4-15-9(19-10(11,12)13)6(3-14)5(7)2-8(16)17/h4H,2-3,14H2,1H3,(H,16,17). The number of aliphatic carboxylic acids is 1. The zero-order valence-electron chi connectivity index (χ0n) is 9.82. The van der Waals surface area contributed by atoms with Crippen molar-refractivity contribution in [2.24, 2.45) is 5.73 Å². The van der Waals surface area contributed by atoms with Gasteiger partial charge in [0.2, 0.25) is 5.88 Å². The highest BCUT2D eigenvalue weighted by Crippen LogP contribution is 2.31. The number of pyridine rings is 1. The summed E-state index contributed by atoms with van der Waals surface area (Å²) in [7, 11) is 1.24. The monoisotopic (exact) mass is 280 g/mol. The van der Waals surface area contributed by atoms with Crippen LogP contribution >= 0.6 is 0 Å². The van der Waals surface area contributed by atoms with E-state index >= 15 is 0 Å². The van der Waals surface area contributed by atoms with E-state index in [1.807, 2.05) is 0 Å². The van der Waals surface area contributed by atoms with Crippen molar-refractivity contribution in [3.05, 3.63) is 17.3 Å². The van der Waals surface area contributed by atoms with Crippen LogP contribution < -0.4 is 15.2 Å². The number of rotatable bonds is 5. The van der Waals surface area contributed by atoms with E-state index in [0.29, 0.717) is 0 Å². The van der Waals surface area contributed by atoms with Crippen LogP contribution in [0.25, 0.3) is 0 Å². The summed E-state index contributed by atoms with van der Waals surface area (Å²) in [5.41, 5.74) is 5.19. The summed E-state index contributed by atoms with van der Waals surface area (Å²) in [5.74, 6) is -1.97. The highest BCUT2D eigenvalue weighted by molar-refractivity contribution is 5.72. The molecule has 0 spiro atoms. The summed E-state index contributed by atoms with van der Waals surface area (Å²) < 4.78 is 45.1. The van der Waals surface area contributed by atoms with Gasteiger partial charge in [-0.25, -0.2) is 4.98 Å². The largest absolute Gasteiger partial charge is 0.574 e. The summed E-state index contributed by atoms with van der Waals surface area (Å²) in [6.45, 7) is -0.363. The van der Waals surface area contributed by atoms with Gasteiger partial charge in [0, 0.05) is 17.7 Å². The predicted octanol–water partition coefficient (Wildman–Crippen LogP) is 1.07. The van der Waals surface area contributed by atoms with Gasteiger partial charge >= 0.3 is 12.3 Å². The number of ether oxygens (including phenoxy) is 2. The van der Waals surface area contributed by atoms with Gasteiger partial charge in [-0.1, -0.05) is 0 Å². The number of carboxylic acids is 1. The summed E-state index contributed by atoms with van der Waals surface area (Å²) in [4.78, 5) is 14.2. The maximum Gasteiger partial charge on any atom is 0.574 e. The van der Waals surface area contributed by atoms with E-state index in [9.17, 15) is 18.0 Å². The highest BCUT2D eigenvalue weighted by Gasteiger charge is 2.33. The predicted molar refractivity (Wildman–Crippen MR) is 56.7 cm³/mol. The Kier molecular flexibility index (Phi) is 4.54. The number of carbonyl (C=O) groups is 1. The van der Waals surface area contributed by atoms with Crippen LogP contribution in [0.3, 0.4) is 0 Å². The molecule has 0 radical (unpaired) electrons. The minimum Gasteiger partial charge on any atom is -0.495 e. The number of hydrogen-bond donors (Lipinski definition) is 2. The third kappa shape index (κ3) is 3.98. The molecule has 0 aliphatic carbocycles. The van der Waals surface area contributed by atoms with Gasteiger partial charge in [0.1, 0.15) is 5.75 Å². The van der Waals surface area contributed by atoms with E-state index in [0.717, 1.165) is 6.20 Å². The number of nitrogens with two attached hydrogens (primary N) is 1. The number of nitrogens with zero attached hydrogens (tertiary/aromatic N) is 1. The molecule has 19 heavy (non-hydrogen) atoms. The molecule has 1 aromatic heterocycles. The molecule has 106 valence electrons. The van der Waals surface area contributed by atoms with E-state index in [2.05, 4.69) is 9.72 Å². The zero-order valence-corrected chi connectivity index (χ0v) is 9.82. The van der Waals surface area contributed by atoms with Gasteiger partial charge in [-0.2, -0.15) is 0 Å². The molecule has 0 atom stereocenters. The molecule has 0 aliphatic rings. The lowest BCUT2D eigenvalue weighted by Gasteiger charge is -2.16. The highest BCUT2D eigenvalue weighted by atomic mass is 19.4. The molecular weight excluding hydrogens is 269 g/mol. The summed E-state index contributed by atoms with van der Waals surface area (Å²) in [6.07, 6.45) is -4.53. The smallest absolute Gasteiger partial charge is 0.495 e. The van der Waals surface area contributed by atoms with Crippen LogP contribution in [0.2, 0.25) is 0 Å². The van der Waals surface area contributed by atoms with Gasteiger partial charge in [-0.15, -0.1) is 13.2 Å². The number of hydrogen-bond acceptors (Lipinski definition) is 5. The Hall–Kier alpha value is -2.03.